The van der Waals surface area contributed by atoms with Crippen molar-refractivity contribution < 1.29 is 14.1 Å². The highest BCUT2D eigenvalue weighted by atomic mass is 35.5. The third kappa shape index (κ3) is 3.09. The molecule has 1 saturated heterocycles. The summed E-state index contributed by atoms with van der Waals surface area (Å²) in [6.07, 6.45) is 3.11. The summed E-state index contributed by atoms with van der Waals surface area (Å²) in [4.78, 5) is 14.2. The van der Waals surface area contributed by atoms with Gasteiger partial charge < -0.3 is 14.2 Å². The summed E-state index contributed by atoms with van der Waals surface area (Å²) in [6, 6.07) is 7.44. The van der Waals surface area contributed by atoms with Crippen molar-refractivity contribution in [3.63, 3.8) is 0 Å². The van der Waals surface area contributed by atoms with Crippen LogP contribution in [0.3, 0.4) is 0 Å². The molecule has 2 heterocycles. The highest BCUT2D eigenvalue weighted by Gasteiger charge is 2.26. The summed E-state index contributed by atoms with van der Waals surface area (Å²) in [7, 11) is 0. The Morgan fingerprint density at radius 1 is 1.36 bits per heavy atom. The fourth-order valence-electron chi connectivity index (χ4n) is 2.57. The maximum absolute atomic E-state index is 12.4. The van der Waals surface area contributed by atoms with Crippen LogP contribution >= 0.6 is 11.6 Å². The molecule has 116 valence electrons. The molecule has 1 aliphatic rings. The molecule has 1 amide bonds. The van der Waals surface area contributed by atoms with Crippen molar-refractivity contribution >= 4 is 17.5 Å². The zero-order valence-electron chi connectivity index (χ0n) is 12.3. The lowest BCUT2D eigenvalue weighted by atomic mass is 10.1. The van der Waals surface area contributed by atoms with Gasteiger partial charge >= 0.3 is 0 Å². The first-order valence-electron chi connectivity index (χ1n) is 7.27. The molecule has 3 rings (SSSR count). The first-order valence-corrected chi connectivity index (χ1v) is 7.64. The molecule has 0 saturated carbocycles. The predicted octanol–water partition coefficient (Wildman–Crippen LogP) is 3.32. The van der Waals surface area contributed by atoms with Crippen LogP contribution in [0.5, 0.6) is 5.75 Å². The molecule has 6 heteroatoms. The van der Waals surface area contributed by atoms with Crippen molar-refractivity contribution in [2.75, 3.05) is 13.1 Å². The normalized spacial score (nSPS) is 15.8. The third-order valence-corrected chi connectivity index (χ3v) is 4.15. The van der Waals surface area contributed by atoms with Crippen LogP contribution in [0.1, 0.15) is 29.0 Å². The molecular formula is C16H17ClN2O3. The van der Waals surface area contributed by atoms with E-state index in [0.717, 1.165) is 12.8 Å². The maximum atomic E-state index is 12.4. The SMILES string of the molecule is Cc1oncc1C(=O)N1CCC(Oc2ccccc2Cl)CC1. The molecule has 1 aromatic carbocycles. The number of carbonyl (C=O) groups is 1. The lowest BCUT2D eigenvalue weighted by Gasteiger charge is -2.32. The minimum atomic E-state index is -0.0325. The van der Waals surface area contributed by atoms with Gasteiger partial charge in [-0.2, -0.15) is 0 Å². The van der Waals surface area contributed by atoms with E-state index in [2.05, 4.69) is 5.16 Å². The van der Waals surface area contributed by atoms with E-state index < -0.39 is 0 Å². The molecular weight excluding hydrogens is 304 g/mol. The fraction of sp³-hybridized carbons (Fsp3) is 0.375. The van der Waals surface area contributed by atoms with Crippen LogP contribution in [0.4, 0.5) is 0 Å². The number of aryl methyl sites for hydroxylation is 1. The monoisotopic (exact) mass is 320 g/mol. The molecule has 0 aliphatic carbocycles. The van der Waals surface area contributed by atoms with Gasteiger partial charge in [0.2, 0.25) is 0 Å². The fourth-order valence-corrected chi connectivity index (χ4v) is 2.75. The number of ether oxygens (including phenoxy) is 1. The molecule has 0 unspecified atom stereocenters. The van der Waals surface area contributed by atoms with Crippen molar-refractivity contribution in [2.45, 2.75) is 25.9 Å². The molecule has 1 aliphatic heterocycles. The van der Waals surface area contributed by atoms with Gasteiger partial charge in [0, 0.05) is 25.9 Å². The van der Waals surface area contributed by atoms with Crippen LogP contribution < -0.4 is 4.74 Å². The van der Waals surface area contributed by atoms with E-state index in [-0.39, 0.29) is 12.0 Å². The zero-order chi connectivity index (χ0) is 15.5. The van der Waals surface area contributed by atoms with Gasteiger partial charge in [0.25, 0.3) is 5.91 Å². The van der Waals surface area contributed by atoms with Gasteiger partial charge in [-0.05, 0) is 19.1 Å². The Labute approximate surface area is 133 Å². The minimum Gasteiger partial charge on any atom is -0.489 e. The van der Waals surface area contributed by atoms with Gasteiger partial charge in [-0.25, -0.2) is 0 Å². The number of amides is 1. The van der Waals surface area contributed by atoms with Crippen LogP contribution in [0, 0.1) is 6.92 Å². The molecule has 2 aromatic rings. The number of halogens is 1. The van der Waals surface area contributed by atoms with Gasteiger partial charge in [0.15, 0.2) is 0 Å². The molecule has 1 fully saturated rings. The van der Waals surface area contributed by atoms with Crippen molar-refractivity contribution in [3.05, 3.63) is 46.8 Å². The number of benzene rings is 1. The Bertz CT molecular complexity index is 663. The van der Waals surface area contributed by atoms with Crippen molar-refractivity contribution in [3.8, 4) is 5.75 Å². The lowest BCUT2D eigenvalue weighted by Crippen LogP contribution is -2.41. The molecule has 0 bridgehead atoms. The summed E-state index contributed by atoms with van der Waals surface area (Å²) in [6.45, 7) is 3.05. The third-order valence-electron chi connectivity index (χ3n) is 3.84. The second-order valence-electron chi connectivity index (χ2n) is 5.34. The predicted molar refractivity (Wildman–Crippen MR) is 82.2 cm³/mol. The lowest BCUT2D eigenvalue weighted by molar-refractivity contribution is 0.0594. The number of rotatable bonds is 3. The van der Waals surface area contributed by atoms with Crippen LogP contribution in [-0.2, 0) is 0 Å². The largest absolute Gasteiger partial charge is 0.489 e. The smallest absolute Gasteiger partial charge is 0.259 e. The standard InChI is InChI=1S/C16H17ClN2O3/c1-11-13(10-18-22-11)16(20)19-8-6-12(7-9-19)21-15-5-3-2-4-14(15)17/h2-5,10,12H,6-9H2,1H3. The number of carbonyl (C=O) groups excluding carboxylic acids is 1. The van der Waals surface area contributed by atoms with Gasteiger partial charge in [-0.3, -0.25) is 4.79 Å². The van der Waals surface area contributed by atoms with E-state index in [0.29, 0.717) is 35.2 Å². The molecule has 0 atom stereocenters. The summed E-state index contributed by atoms with van der Waals surface area (Å²) in [5.41, 5.74) is 0.533. The van der Waals surface area contributed by atoms with Crippen molar-refractivity contribution in [2.24, 2.45) is 0 Å². The Morgan fingerprint density at radius 2 is 2.09 bits per heavy atom. The van der Waals surface area contributed by atoms with Crippen molar-refractivity contribution in [1.29, 1.82) is 0 Å². The number of nitrogens with zero attached hydrogens (tertiary/aromatic N) is 2. The van der Waals surface area contributed by atoms with E-state index in [9.17, 15) is 4.79 Å². The van der Waals surface area contributed by atoms with E-state index in [4.69, 9.17) is 20.9 Å². The second-order valence-corrected chi connectivity index (χ2v) is 5.74. The Hall–Kier alpha value is -2.01. The molecule has 1 aromatic heterocycles. The summed E-state index contributed by atoms with van der Waals surface area (Å²) >= 11 is 6.10. The number of piperidine rings is 1. The Balaban J connectivity index is 1.58. The molecule has 22 heavy (non-hydrogen) atoms. The number of para-hydroxylation sites is 1. The van der Waals surface area contributed by atoms with E-state index in [1.54, 1.807) is 6.92 Å². The average Bonchev–Trinajstić information content (AvgIpc) is 2.96. The van der Waals surface area contributed by atoms with Gasteiger partial charge in [-0.15, -0.1) is 0 Å². The van der Waals surface area contributed by atoms with E-state index >= 15 is 0 Å². The molecule has 0 N–H and O–H groups in total. The van der Waals surface area contributed by atoms with Crippen molar-refractivity contribution in [1.82, 2.24) is 10.1 Å². The summed E-state index contributed by atoms with van der Waals surface area (Å²) < 4.78 is 10.9. The average molecular weight is 321 g/mol. The zero-order valence-corrected chi connectivity index (χ0v) is 13.0. The maximum Gasteiger partial charge on any atom is 0.259 e. The quantitative estimate of drug-likeness (QED) is 0.870. The number of aromatic nitrogens is 1. The van der Waals surface area contributed by atoms with Gasteiger partial charge in [-0.1, -0.05) is 28.9 Å². The number of likely N-dealkylation sites (tertiary alicyclic amines) is 1. The second kappa shape index (κ2) is 6.40. The number of hydrogen-bond donors (Lipinski definition) is 0. The Morgan fingerprint density at radius 3 is 2.73 bits per heavy atom. The van der Waals surface area contributed by atoms with Gasteiger partial charge in [0.05, 0.1) is 11.2 Å². The minimum absolute atomic E-state index is 0.0325. The first-order chi connectivity index (χ1) is 10.6. The van der Waals surface area contributed by atoms with E-state index in [1.165, 1.54) is 6.20 Å². The van der Waals surface area contributed by atoms with Crippen LogP contribution in [-0.4, -0.2) is 35.2 Å². The summed E-state index contributed by atoms with van der Waals surface area (Å²) in [5.74, 6) is 1.22. The molecule has 0 radical (unpaired) electrons. The van der Waals surface area contributed by atoms with Crippen LogP contribution in [0.15, 0.2) is 35.0 Å². The van der Waals surface area contributed by atoms with Crippen LogP contribution in [0.2, 0.25) is 5.02 Å². The molecule has 0 spiro atoms. The first kappa shape index (κ1) is 14.9. The highest BCUT2D eigenvalue weighted by Crippen LogP contribution is 2.27. The van der Waals surface area contributed by atoms with Gasteiger partial charge in [0.1, 0.15) is 23.2 Å². The molecule has 5 nitrogen and oxygen atoms in total. The number of hydrogen-bond acceptors (Lipinski definition) is 4. The highest BCUT2D eigenvalue weighted by molar-refractivity contribution is 6.32. The topological polar surface area (TPSA) is 55.6 Å². The van der Waals surface area contributed by atoms with Crippen LogP contribution in [0.25, 0.3) is 0 Å². The van der Waals surface area contributed by atoms with E-state index in [1.807, 2.05) is 29.2 Å². The summed E-state index contributed by atoms with van der Waals surface area (Å²) in [5, 5.41) is 4.27. The Kier molecular flexibility index (Phi) is 4.34.